The minimum atomic E-state index is -0.160. The smallest absolute Gasteiger partial charge is 0.229 e. The molecule has 0 aliphatic carbocycles. The average molecular weight is 463 g/mol. The molecule has 3 rings (SSSR count). The summed E-state index contributed by atoms with van der Waals surface area (Å²) in [4.78, 5) is 22.9. The van der Waals surface area contributed by atoms with Gasteiger partial charge in [0.15, 0.2) is 0 Å². The summed E-state index contributed by atoms with van der Waals surface area (Å²) in [5, 5.41) is 6.87. The first-order valence-corrected chi connectivity index (χ1v) is 11.1. The van der Waals surface area contributed by atoms with Gasteiger partial charge in [-0.3, -0.25) is 9.59 Å². The Morgan fingerprint density at radius 3 is 2.26 bits per heavy atom. The maximum absolute atomic E-state index is 11.9. The van der Waals surface area contributed by atoms with E-state index in [9.17, 15) is 9.59 Å². The maximum atomic E-state index is 11.9. The van der Waals surface area contributed by atoms with Gasteiger partial charge >= 0.3 is 0 Å². The van der Waals surface area contributed by atoms with E-state index >= 15 is 0 Å². The van der Waals surface area contributed by atoms with E-state index in [1.54, 1.807) is 24.3 Å². The molecule has 168 valence electrons. The lowest BCUT2D eigenvalue weighted by Gasteiger charge is -2.21. The lowest BCUT2D eigenvalue weighted by atomic mass is 9.98. The van der Waals surface area contributed by atoms with Crippen LogP contribution in [-0.2, 0) is 9.59 Å². The van der Waals surface area contributed by atoms with Gasteiger partial charge in [0, 0.05) is 28.7 Å². The molecule has 0 aromatic heterocycles. The summed E-state index contributed by atoms with van der Waals surface area (Å²) in [6, 6.07) is 14.8. The van der Waals surface area contributed by atoms with E-state index in [0.717, 1.165) is 17.4 Å². The highest BCUT2D eigenvalue weighted by molar-refractivity contribution is 6.31. The van der Waals surface area contributed by atoms with Gasteiger partial charge in [-0.2, -0.15) is 0 Å². The van der Waals surface area contributed by atoms with E-state index < -0.39 is 0 Å². The molecule has 6 heteroatoms. The number of hydrogen-bond donors (Lipinski definition) is 2. The number of aryl methyl sites for hydroxylation is 1. The summed E-state index contributed by atoms with van der Waals surface area (Å²) in [5.74, 6) is 0.554. The molecule has 1 fully saturated rings. The third-order valence-electron chi connectivity index (χ3n) is 4.35. The van der Waals surface area contributed by atoms with E-state index in [0.29, 0.717) is 30.1 Å². The second-order valence-corrected chi connectivity index (χ2v) is 8.63. The molecule has 0 saturated carbocycles. The molecule has 2 amide bonds. The molecule has 4 nitrogen and oxygen atoms in total. The van der Waals surface area contributed by atoms with Gasteiger partial charge in [-0.1, -0.05) is 61.3 Å². The Labute approximate surface area is 196 Å². The predicted octanol–water partition coefficient (Wildman–Crippen LogP) is 6.67. The Balaban J connectivity index is 0.000000284. The van der Waals surface area contributed by atoms with E-state index in [1.807, 2.05) is 37.3 Å². The van der Waals surface area contributed by atoms with Crippen LogP contribution in [0, 0.1) is 18.8 Å². The lowest BCUT2D eigenvalue weighted by molar-refractivity contribution is -0.126. The highest BCUT2D eigenvalue weighted by Gasteiger charge is 2.24. The van der Waals surface area contributed by atoms with Crippen LogP contribution in [0.4, 0.5) is 5.69 Å². The first-order valence-electron chi connectivity index (χ1n) is 10.4. The van der Waals surface area contributed by atoms with Crippen LogP contribution in [0.3, 0.4) is 0 Å². The normalized spacial score (nSPS) is 14.9. The standard InChI is InChI=1S/C12H13ClN2O2.C7H7Cl.C6H12/c13-9-2-1-3-10(6-9)15-12(17)8-4-5-11(16)14-7-8;1-6-3-2-4-7(8)5-6;1-4-5-6(2)3/h1-3,6,8H,4-5,7H2,(H,14,16)(H,15,17);2-5H,1H3;4,6H,1,5H2,2-3H3. The van der Waals surface area contributed by atoms with Crippen LogP contribution in [0.5, 0.6) is 0 Å². The molecule has 1 aliphatic rings. The topological polar surface area (TPSA) is 58.2 Å². The van der Waals surface area contributed by atoms with Gasteiger partial charge in [0.2, 0.25) is 11.8 Å². The Morgan fingerprint density at radius 1 is 1.19 bits per heavy atom. The van der Waals surface area contributed by atoms with Crippen molar-refractivity contribution in [2.75, 3.05) is 11.9 Å². The summed E-state index contributed by atoms with van der Waals surface area (Å²) in [7, 11) is 0. The highest BCUT2D eigenvalue weighted by Crippen LogP contribution is 2.18. The van der Waals surface area contributed by atoms with E-state index in [4.69, 9.17) is 23.2 Å². The van der Waals surface area contributed by atoms with Gasteiger partial charge in [0.25, 0.3) is 0 Å². The average Bonchev–Trinajstić information content (AvgIpc) is 2.69. The molecule has 0 spiro atoms. The SMILES string of the molecule is C=CCC(C)C.Cc1cccc(Cl)c1.O=C1CCC(C(=O)Nc2cccc(Cl)c2)CN1. The first kappa shape index (κ1) is 26.7. The fourth-order valence-corrected chi connectivity index (χ4v) is 3.14. The number of amides is 2. The van der Waals surface area contributed by atoms with Gasteiger partial charge in [-0.05, 0) is 61.6 Å². The second-order valence-electron chi connectivity index (χ2n) is 7.76. The number of allylic oxidation sites excluding steroid dienone is 1. The van der Waals surface area contributed by atoms with Crippen LogP contribution in [0.1, 0.15) is 38.7 Å². The van der Waals surface area contributed by atoms with Crippen LogP contribution in [0.15, 0.2) is 61.2 Å². The molecule has 2 aromatic rings. The number of piperidine rings is 1. The largest absolute Gasteiger partial charge is 0.355 e. The van der Waals surface area contributed by atoms with Crippen molar-refractivity contribution >= 4 is 40.7 Å². The van der Waals surface area contributed by atoms with Crippen molar-refractivity contribution in [3.63, 3.8) is 0 Å². The van der Waals surface area contributed by atoms with Gasteiger partial charge < -0.3 is 10.6 Å². The summed E-state index contributed by atoms with van der Waals surface area (Å²) in [5.41, 5.74) is 1.89. The molecule has 1 heterocycles. The first-order chi connectivity index (χ1) is 14.7. The Bertz CT molecular complexity index is 826. The Morgan fingerprint density at radius 2 is 1.84 bits per heavy atom. The van der Waals surface area contributed by atoms with Crippen molar-refractivity contribution in [3.05, 3.63) is 76.8 Å². The molecule has 1 unspecified atom stereocenters. The number of carbonyl (C=O) groups is 2. The van der Waals surface area contributed by atoms with Crippen LogP contribution in [0.25, 0.3) is 0 Å². The molecule has 2 N–H and O–H groups in total. The van der Waals surface area contributed by atoms with Crippen molar-refractivity contribution in [1.82, 2.24) is 5.32 Å². The zero-order chi connectivity index (χ0) is 23.2. The van der Waals surface area contributed by atoms with E-state index in [1.165, 1.54) is 5.56 Å². The number of nitrogens with one attached hydrogen (secondary N) is 2. The second kappa shape index (κ2) is 14.7. The zero-order valence-corrected chi connectivity index (χ0v) is 20.0. The van der Waals surface area contributed by atoms with Crippen molar-refractivity contribution in [3.8, 4) is 0 Å². The third-order valence-corrected chi connectivity index (χ3v) is 4.82. The fourth-order valence-electron chi connectivity index (χ4n) is 2.71. The molecule has 31 heavy (non-hydrogen) atoms. The van der Waals surface area contributed by atoms with Crippen LogP contribution in [0.2, 0.25) is 10.0 Å². The predicted molar refractivity (Wildman–Crippen MR) is 132 cm³/mol. The zero-order valence-electron chi connectivity index (χ0n) is 18.5. The summed E-state index contributed by atoms with van der Waals surface area (Å²) in [6.07, 6.45) is 4.09. The van der Waals surface area contributed by atoms with Crippen molar-refractivity contribution in [2.45, 2.75) is 40.0 Å². The van der Waals surface area contributed by atoms with Crippen LogP contribution in [-0.4, -0.2) is 18.4 Å². The number of hydrogen-bond acceptors (Lipinski definition) is 2. The number of benzene rings is 2. The fraction of sp³-hybridized carbons (Fsp3) is 0.360. The number of carbonyl (C=O) groups excluding carboxylic acids is 2. The Kier molecular flexibility index (Phi) is 12.6. The maximum Gasteiger partial charge on any atom is 0.229 e. The van der Waals surface area contributed by atoms with Crippen molar-refractivity contribution in [1.29, 1.82) is 0 Å². The van der Waals surface area contributed by atoms with Gasteiger partial charge in [-0.15, -0.1) is 6.58 Å². The number of anilines is 1. The molecule has 1 saturated heterocycles. The molecule has 0 bridgehead atoms. The van der Waals surface area contributed by atoms with Gasteiger partial charge in [-0.25, -0.2) is 0 Å². The lowest BCUT2D eigenvalue weighted by Crippen LogP contribution is -2.40. The molecule has 2 aromatic carbocycles. The Hall–Kier alpha value is -2.30. The molecule has 1 atom stereocenters. The summed E-state index contributed by atoms with van der Waals surface area (Å²) >= 11 is 11.5. The summed E-state index contributed by atoms with van der Waals surface area (Å²) in [6.45, 7) is 10.4. The third kappa shape index (κ3) is 12.2. The van der Waals surface area contributed by atoms with Crippen LogP contribution < -0.4 is 10.6 Å². The minimum absolute atomic E-state index is 0.0109. The van der Waals surface area contributed by atoms with Gasteiger partial charge in [0.05, 0.1) is 5.92 Å². The molecular formula is C25H32Cl2N2O2. The van der Waals surface area contributed by atoms with Crippen LogP contribution >= 0.6 is 23.2 Å². The van der Waals surface area contributed by atoms with Gasteiger partial charge in [0.1, 0.15) is 0 Å². The molecule has 1 aliphatic heterocycles. The van der Waals surface area contributed by atoms with Crippen molar-refractivity contribution in [2.24, 2.45) is 11.8 Å². The number of rotatable bonds is 4. The van der Waals surface area contributed by atoms with E-state index in [-0.39, 0.29) is 17.7 Å². The molecule has 0 radical (unpaired) electrons. The number of halogens is 2. The van der Waals surface area contributed by atoms with E-state index in [2.05, 4.69) is 31.1 Å². The monoisotopic (exact) mass is 462 g/mol. The summed E-state index contributed by atoms with van der Waals surface area (Å²) < 4.78 is 0. The minimum Gasteiger partial charge on any atom is -0.355 e. The van der Waals surface area contributed by atoms with Crippen molar-refractivity contribution < 1.29 is 9.59 Å². The molecular weight excluding hydrogens is 431 g/mol. The highest BCUT2D eigenvalue weighted by atomic mass is 35.5. The quantitative estimate of drug-likeness (QED) is 0.498.